The first kappa shape index (κ1) is 17.3. The normalized spacial score (nSPS) is 17.6. The molecule has 1 aromatic rings. The maximum atomic E-state index is 12.2. The van der Waals surface area contributed by atoms with E-state index < -0.39 is 18.0 Å². The number of aryl methyl sites for hydroxylation is 1. The second kappa shape index (κ2) is 7.00. The van der Waals surface area contributed by atoms with Crippen molar-refractivity contribution in [3.05, 3.63) is 28.8 Å². The number of carbonyl (C=O) groups excluding carboxylic acids is 3. The SMILES string of the molecule is Cc1ccc(NC(=O)CN2C(=O)N[C@H](CC(C)C)C2=O)cc1Cl. The molecule has 1 fully saturated rings. The van der Waals surface area contributed by atoms with Crippen molar-refractivity contribution in [3.8, 4) is 0 Å². The Morgan fingerprint density at radius 3 is 2.70 bits per heavy atom. The van der Waals surface area contributed by atoms with Crippen molar-refractivity contribution in [3.63, 3.8) is 0 Å². The highest BCUT2D eigenvalue weighted by Gasteiger charge is 2.38. The van der Waals surface area contributed by atoms with Gasteiger partial charge in [-0.15, -0.1) is 0 Å². The van der Waals surface area contributed by atoms with E-state index in [1.165, 1.54) is 0 Å². The van der Waals surface area contributed by atoms with Crippen LogP contribution in [0.2, 0.25) is 5.02 Å². The van der Waals surface area contributed by atoms with Gasteiger partial charge in [0.15, 0.2) is 0 Å². The summed E-state index contributed by atoms with van der Waals surface area (Å²) in [5.74, 6) is -0.535. The second-order valence-electron chi connectivity index (χ2n) is 6.07. The number of rotatable bonds is 5. The van der Waals surface area contributed by atoms with Gasteiger partial charge in [-0.1, -0.05) is 31.5 Å². The maximum Gasteiger partial charge on any atom is 0.325 e. The summed E-state index contributed by atoms with van der Waals surface area (Å²) in [5.41, 5.74) is 1.42. The number of amides is 4. The number of halogens is 1. The average molecular weight is 338 g/mol. The smallest absolute Gasteiger partial charge is 0.325 e. The van der Waals surface area contributed by atoms with Gasteiger partial charge in [-0.2, -0.15) is 0 Å². The largest absolute Gasteiger partial charge is 0.326 e. The minimum atomic E-state index is -0.552. The molecule has 0 aromatic heterocycles. The predicted molar refractivity (Wildman–Crippen MR) is 88.3 cm³/mol. The molecule has 0 saturated carbocycles. The van der Waals surface area contributed by atoms with Crippen molar-refractivity contribution in [2.75, 3.05) is 11.9 Å². The summed E-state index contributed by atoms with van der Waals surface area (Å²) in [6, 6.07) is 4.04. The zero-order chi connectivity index (χ0) is 17.1. The van der Waals surface area contributed by atoms with Crippen LogP contribution in [0.5, 0.6) is 0 Å². The Labute approximate surface area is 140 Å². The second-order valence-corrected chi connectivity index (χ2v) is 6.48. The summed E-state index contributed by atoms with van der Waals surface area (Å²) in [7, 11) is 0. The first-order valence-electron chi connectivity index (χ1n) is 7.45. The van der Waals surface area contributed by atoms with Crippen LogP contribution >= 0.6 is 11.6 Å². The number of nitrogens with one attached hydrogen (secondary N) is 2. The van der Waals surface area contributed by atoms with Gasteiger partial charge in [0.2, 0.25) is 5.91 Å². The Kier molecular flexibility index (Phi) is 5.26. The van der Waals surface area contributed by atoms with Crippen LogP contribution in [0.1, 0.15) is 25.8 Å². The Bertz CT molecular complexity index is 645. The van der Waals surface area contributed by atoms with Gasteiger partial charge < -0.3 is 10.6 Å². The van der Waals surface area contributed by atoms with Crippen molar-refractivity contribution < 1.29 is 14.4 Å². The van der Waals surface area contributed by atoms with E-state index in [-0.39, 0.29) is 18.4 Å². The van der Waals surface area contributed by atoms with Crippen LogP contribution in [0.4, 0.5) is 10.5 Å². The lowest BCUT2D eigenvalue weighted by Gasteiger charge is -2.14. The number of benzene rings is 1. The first-order valence-corrected chi connectivity index (χ1v) is 7.83. The lowest BCUT2D eigenvalue weighted by molar-refractivity contribution is -0.131. The van der Waals surface area contributed by atoms with E-state index in [4.69, 9.17) is 11.6 Å². The summed E-state index contributed by atoms with van der Waals surface area (Å²) < 4.78 is 0. The zero-order valence-electron chi connectivity index (χ0n) is 13.4. The summed E-state index contributed by atoms with van der Waals surface area (Å²) in [4.78, 5) is 37.0. The van der Waals surface area contributed by atoms with E-state index in [2.05, 4.69) is 10.6 Å². The van der Waals surface area contributed by atoms with Crippen molar-refractivity contribution in [1.82, 2.24) is 10.2 Å². The Hall–Kier alpha value is -2.08. The van der Waals surface area contributed by atoms with E-state index in [0.29, 0.717) is 17.1 Å². The molecular formula is C16H20ClN3O3. The number of hydrogen-bond donors (Lipinski definition) is 2. The Morgan fingerprint density at radius 2 is 2.09 bits per heavy atom. The van der Waals surface area contributed by atoms with Gasteiger partial charge in [-0.3, -0.25) is 14.5 Å². The molecule has 7 heteroatoms. The fourth-order valence-electron chi connectivity index (χ4n) is 2.37. The van der Waals surface area contributed by atoms with Crippen molar-refractivity contribution in [2.45, 2.75) is 33.2 Å². The molecular weight excluding hydrogens is 318 g/mol. The summed E-state index contributed by atoms with van der Waals surface area (Å²) in [6.45, 7) is 5.48. The highest BCUT2D eigenvalue weighted by molar-refractivity contribution is 6.31. The fourth-order valence-corrected chi connectivity index (χ4v) is 2.55. The van der Waals surface area contributed by atoms with Crippen LogP contribution in [0, 0.1) is 12.8 Å². The van der Waals surface area contributed by atoms with Gasteiger partial charge in [0, 0.05) is 10.7 Å². The van der Waals surface area contributed by atoms with Crippen LogP contribution in [0.15, 0.2) is 18.2 Å². The third-order valence-electron chi connectivity index (χ3n) is 3.57. The van der Waals surface area contributed by atoms with Crippen molar-refractivity contribution in [1.29, 1.82) is 0 Å². The summed E-state index contributed by atoms with van der Waals surface area (Å²) in [6.07, 6.45) is 0.552. The molecule has 2 N–H and O–H groups in total. The Balaban J connectivity index is 1.98. The molecule has 0 spiro atoms. The van der Waals surface area contributed by atoms with Crippen LogP contribution in [-0.2, 0) is 9.59 Å². The molecule has 6 nitrogen and oxygen atoms in total. The molecule has 0 radical (unpaired) electrons. The van der Waals surface area contributed by atoms with Crippen molar-refractivity contribution in [2.24, 2.45) is 5.92 Å². The molecule has 1 heterocycles. The number of carbonyl (C=O) groups is 3. The number of hydrogen-bond acceptors (Lipinski definition) is 3. The van der Waals surface area contributed by atoms with E-state index in [0.717, 1.165) is 10.5 Å². The maximum absolute atomic E-state index is 12.2. The van der Waals surface area contributed by atoms with Gasteiger partial charge in [0.1, 0.15) is 12.6 Å². The zero-order valence-corrected chi connectivity index (χ0v) is 14.1. The van der Waals surface area contributed by atoms with Crippen LogP contribution < -0.4 is 10.6 Å². The molecule has 4 amide bonds. The number of urea groups is 1. The average Bonchev–Trinajstić information content (AvgIpc) is 2.70. The van der Waals surface area contributed by atoms with E-state index in [9.17, 15) is 14.4 Å². The topological polar surface area (TPSA) is 78.5 Å². The molecule has 1 aromatic carbocycles. The van der Waals surface area contributed by atoms with Gasteiger partial charge >= 0.3 is 6.03 Å². The van der Waals surface area contributed by atoms with Crippen LogP contribution in [-0.4, -0.2) is 35.3 Å². The third kappa shape index (κ3) is 4.22. The van der Waals surface area contributed by atoms with E-state index in [1.807, 2.05) is 20.8 Å². The van der Waals surface area contributed by atoms with Crippen LogP contribution in [0.3, 0.4) is 0 Å². The molecule has 2 rings (SSSR count). The molecule has 0 unspecified atom stereocenters. The summed E-state index contributed by atoms with van der Waals surface area (Å²) >= 11 is 6.00. The predicted octanol–water partition coefficient (Wildman–Crippen LogP) is 2.55. The number of imide groups is 1. The highest BCUT2D eigenvalue weighted by atomic mass is 35.5. The summed E-state index contributed by atoms with van der Waals surface area (Å²) in [5, 5.41) is 5.78. The quantitative estimate of drug-likeness (QED) is 0.810. The molecule has 23 heavy (non-hydrogen) atoms. The van der Waals surface area contributed by atoms with Gasteiger partial charge in [0.25, 0.3) is 5.91 Å². The molecule has 1 saturated heterocycles. The molecule has 0 aliphatic carbocycles. The van der Waals surface area contributed by atoms with E-state index in [1.54, 1.807) is 18.2 Å². The highest BCUT2D eigenvalue weighted by Crippen LogP contribution is 2.20. The van der Waals surface area contributed by atoms with E-state index >= 15 is 0 Å². The van der Waals surface area contributed by atoms with Crippen molar-refractivity contribution >= 4 is 35.1 Å². The molecule has 1 aliphatic heterocycles. The standard InChI is InChI=1S/C16H20ClN3O3/c1-9(2)6-13-15(22)20(16(23)19-13)8-14(21)18-11-5-4-10(3)12(17)7-11/h4-5,7,9,13H,6,8H2,1-3H3,(H,18,21)(H,19,23)/t13-/m1/s1. The fraction of sp³-hybridized carbons (Fsp3) is 0.438. The first-order chi connectivity index (χ1) is 10.8. The van der Waals surface area contributed by atoms with Gasteiger partial charge in [0.05, 0.1) is 0 Å². The minimum absolute atomic E-state index is 0.271. The number of anilines is 1. The van der Waals surface area contributed by atoms with Gasteiger partial charge in [-0.05, 0) is 37.0 Å². The van der Waals surface area contributed by atoms with Crippen LogP contribution in [0.25, 0.3) is 0 Å². The Morgan fingerprint density at radius 1 is 1.39 bits per heavy atom. The molecule has 1 aliphatic rings. The monoisotopic (exact) mass is 337 g/mol. The molecule has 0 bridgehead atoms. The lowest BCUT2D eigenvalue weighted by Crippen LogP contribution is -2.38. The minimum Gasteiger partial charge on any atom is -0.326 e. The lowest BCUT2D eigenvalue weighted by atomic mass is 10.0. The number of nitrogens with zero attached hydrogens (tertiary/aromatic N) is 1. The molecule has 1 atom stereocenters. The molecule has 124 valence electrons. The van der Waals surface area contributed by atoms with Gasteiger partial charge in [-0.25, -0.2) is 4.79 Å². The third-order valence-corrected chi connectivity index (χ3v) is 3.98.